The smallest absolute Gasteiger partial charge is 0.0645 e. The van der Waals surface area contributed by atoms with Gasteiger partial charge >= 0.3 is 0 Å². The van der Waals surface area contributed by atoms with E-state index in [-0.39, 0.29) is 6.04 Å². The molecule has 2 rings (SSSR count). The highest BCUT2D eigenvalue weighted by Gasteiger charge is 2.11. The van der Waals surface area contributed by atoms with Crippen LogP contribution in [0.4, 0.5) is 0 Å². The fourth-order valence-electron chi connectivity index (χ4n) is 2.00. The van der Waals surface area contributed by atoms with Crippen molar-refractivity contribution in [3.8, 4) is 17.5 Å². The van der Waals surface area contributed by atoms with Crippen LogP contribution in [0.2, 0.25) is 0 Å². The van der Waals surface area contributed by atoms with Crippen molar-refractivity contribution in [3.05, 3.63) is 48.3 Å². The Morgan fingerprint density at radius 2 is 2.11 bits per heavy atom. The van der Waals surface area contributed by atoms with Gasteiger partial charge in [-0.15, -0.1) is 11.8 Å². The first kappa shape index (κ1) is 13.4. The molecule has 0 bridgehead atoms. The lowest BCUT2D eigenvalue weighted by atomic mass is 10.1. The molecule has 1 aromatic carbocycles. The summed E-state index contributed by atoms with van der Waals surface area (Å²) in [5, 5.41) is 7.87. The molecular weight excluding hydrogens is 234 g/mol. The van der Waals surface area contributed by atoms with Crippen molar-refractivity contribution in [1.29, 1.82) is 0 Å². The van der Waals surface area contributed by atoms with Gasteiger partial charge in [-0.1, -0.05) is 25.1 Å². The summed E-state index contributed by atoms with van der Waals surface area (Å²) in [5.74, 6) is 6.08. The summed E-state index contributed by atoms with van der Waals surface area (Å²) >= 11 is 0. The van der Waals surface area contributed by atoms with E-state index in [4.69, 9.17) is 0 Å². The van der Waals surface area contributed by atoms with E-state index in [1.165, 1.54) is 5.56 Å². The van der Waals surface area contributed by atoms with E-state index in [1.807, 2.05) is 48.1 Å². The highest BCUT2D eigenvalue weighted by molar-refractivity contribution is 5.31. The second-order valence-corrected chi connectivity index (χ2v) is 4.29. The molecule has 1 unspecified atom stereocenters. The van der Waals surface area contributed by atoms with Crippen molar-refractivity contribution in [3.63, 3.8) is 0 Å². The monoisotopic (exact) mass is 253 g/mol. The molecule has 0 saturated heterocycles. The number of nitrogens with zero attached hydrogens (tertiary/aromatic N) is 2. The summed E-state index contributed by atoms with van der Waals surface area (Å²) < 4.78 is 1.90. The predicted molar refractivity (Wildman–Crippen MR) is 78.0 cm³/mol. The molecule has 1 heterocycles. The molecule has 0 aliphatic rings. The first-order valence-corrected chi connectivity index (χ1v) is 6.58. The normalized spacial score (nSPS) is 11.7. The summed E-state index contributed by atoms with van der Waals surface area (Å²) in [6.07, 6.45) is 4.79. The molecule has 3 nitrogen and oxygen atoms in total. The molecule has 0 fully saturated rings. The predicted octanol–water partition coefficient (Wildman–Crippen LogP) is 2.94. The summed E-state index contributed by atoms with van der Waals surface area (Å²) in [5.41, 5.74) is 2.25. The molecule has 1 N–H and O–H groups in total. The van der Waals surface area contributed by atoms with Crippen LogP contribution in [0, 0.1) is 11.8 Å². The van der Waals surface area contributed by atoms with E-state index in [2.05, 4.69) is 35.4 Å². The van der Waals surface area contributed by atoms with Gasteiger partial charge in [0.15, 0.2) is 0 Å². The van der Waals surface area contributed by atoms with E-state index >= 15 is 0 Å². The first-order valence-electron chi connectivity index (χ1n) is 6.58. The SMILES string of the molecule is CC#CCC(NCC)c1cnn(-c2ccccc2)c1. The molecule has 3 heteroatoms. The Bertz CT molecular complexity index is 560. The minimum Gasteiger partial charge on any atom is -0.309 e. The molecule has 0 saturated carbocycles. The lowest BCUT2D eigenvalue weighted by Crippen LogP contribution is -2.20. The van der Waals surface area contributed by atoms with Gasteiger partial charge < -0.3 is 5.32 Å². The van der Waals surface area contributed by atoms with Crippen molar-refractivity contribution in [1.82, 2.24) is 15.1 Å². The van der Waals surface area contributed by atoms with Crippen molar-refractivity contribution in [2.45, 2.75) is 26.3 Å². The molecule has 2 aromatic rings. The Morgan fingerprint density at radius 3 is 2.79 bits per heavy atom. The number of hydrogen-bond donors (Lipinski definition) is 1. The molecule has 0 amide bonds. The van der Waals surface area contributed by atoms with Crippen molar-refractivity contribution in [2.75, 3.05) is 6.54 Å². The number of rotatable bonds is 5. The second kappa shape index (κ2) is 6.77. The molecule has 19 heavy (non-hydrogen) atoms. The molecule has 1 aromatic heterocycles. The van der Waals surface area contributed by atoms with Gasteiger partial charge in [-0.05, 0) is 25.6 Å². The maximum absolute atomic E-state index is 4.43. The van der Waals surface area contributed by atoms with Gasteiger partial charge in [-0.2, -0.15) is 5.10 Å². The van der Waals surface area contributed by atoms with Crippen molar-refractivity contribution in [2.24, 2.45) is 0 Å². The largest absolute Gasteiger partial charge is 0.309 e. The van der Waals surface area contributed by atoms with Crippen LogP contribution in [0.3, 0.4) is 0 Å². The van der Waals surface area contributed by atoms with Gasteiger partial charge in [0.25, 0.3) is 0 Å². The number of hydrogen-bond acceptors (Lipinski definition) is 2. The average Bonchev–Trinajstić information content (AvgIpc) is 2.94. The van der Waals surface area contributed by atoms with Gasteiger partial charge in [0.1, 0.15) is 0 Å². The molecule has 98 valence electrons. The fraction of sp³-hybridized carbons (Fsp3) is 0.312. The van der Waals surface area contributed by atoms with Crippen LogP contribution in [0.25, 0.3) is 5.69 Å². The van der Waals surface area contributed by atoms with E-state index in [0.29, 0.717) is 0 Å². The Morgan fingerprint density at radius 1 is 1.32 bits per heavy atom. The zero-order valence-corrected chi connectivity index (χ0v) is 11.4. The van der Waals surface area contributed by atoms with Gasteiger partial charge in [0.2, 0.25) is 0 Å². The van der Waals surface area contributed by atoms with Crippen LogP contribution in [0.15, 0.2) is 42.7 Å². The molecular formula is C16H19N3. The molecule has 0 radical (unpaired) electrons. The summed E-state index contributed by atoms with van der Waals surface area (Å²) in [6.45, 7) is 4.90. The summed E-state index contributed by atoms with van der Waals surface area (Å²) in [4.78, 5) is 0. The fourth-order valence-corrected chi connectivity index (χ4v) is 2.00. The number of para-hydroxylation sites is 1. The van der Waals surface area contributed by atoms with Crippen LogP contribution in [-0.2, 0) is 0 Å². The molecule has 0 aliphatic heterocycles. The lowest BCUT2D eigenvalue weighted by Gasteiger charge is -2.12. The third-order valence-corrected chi connectivity index (χ3v) is 2.96. The van der Waals surface area contributed by atoms with Gasteiger partial charge in [0, 0.05) is 24.2 Å². The molecule has 1 atom stereocenters. The Hall–Kier alpha value is -2.05. The standard InChI is InChI=1S/C16H19N3/c1-3-5-11-16(17-4-2)14-12-18-19(13-14)15-9-7-6-8-10-15/h6-10,12-13,16-17H,4,11H2,1-2H3. The van der Waals surface area contributed by atoms with Crippen LogP contribution in [0.1, 0.15) is 31.9 Å². The lowest BCUT2D eigenvalue weighted by molar-refractivity contribution is 0.565. The first-order chi connectivity index (χ1) is 9.35. The van der Waals surface area contributed by atoms with Crippen LogP contribution < -0.4 is 5.32 Å². The Labute approximate surface area is 114 Å². The van der Waals surface area contributed by atoms with E-state index in [9.17, 15) is 0 Å². The zero-order valence-electron chi connectivity index (χ0n) is 11.4. The second-order valence-electron chi connectivity index (χ2n) is 4.29. The zero-order chi connectivity index (χ0) is 13.5. The van der Waals surface area contributed by atoms with Gasteiger partial charge in [-0.3, -0.25) is 0 Å². The quantitative estimate of drug-likeness (QED) is 0.830. The van der Waals surface area contributed by atoms with Crippen LogP contribution >= 0.6 is 0 Å². The van der Waals surface area contributed by atoms with Crippen LogP contribution in [-0.4, -0.2) is 16.3 Å². The Balaban J connectivity index is 2.20. The molecule has 0 aliphatic carbocycles. The highest BCUT2D eigenvalue weighted by atomic mass is 15.3. The number of aromatic nitrogens is 2. The number of benzene rings is 1. The maximum atomic E-state index is 4.43. The minimum atomic E-state index is 0.245. The minimum absolute atomic E-state index is 0.245. The number of nitrogens with one attached hydrogen (secondary N) is 1. The summed E-state index contributed by atoms with van der Waals surface area (Å²) in [7, 11) is 0. The van der Waals surface area contributed by atoms with Crippen LogP contribution in [0.5, 0.6) is 0 Å². The van der Waals surface area contributed by atoms with Crippen molar-refractivity contribution >= 4 is 0 Å². The van der Waals surface area contributed by atoms with Gasteiger partial charge in [0.05, 0.1) is 11.9 Å². The molecule has 0 spiro atoms. The van der Waals surface area contributed by atoms with E-state index < -0.39 is 0 Å². The maximum Gasteiger partial charge on any atom is 0.0645 e. The van der Waals surface area contributed by atoms with E-state index in [1.54, 1.807) is 0 Å². The Kier molecular flexibility index (Phi) is 4.77. The van der Waals surface area contributed by atoms with Gasteiger partial charge in [-0.25, -0.2) is 4.68 Å². The highest BCUT2D eigenvalue weighted by Crippen LogP contribution is 2.17. The third kappa shape index (κ3) is 3.46. The summed E-state index contributed by atoms with van der Waals surface area (Å²) in [6, 6.07) is 10.4. The topological polar surface area (TPSA) is 29.9 Å². The van der Waals surface area contributed by atoms with Crippen molar-refractivity contribution < 1.29 is 0 Å². The third-order valence-electron chi connectivity index (χ3n) is 2.96. The van der Waals surface area contributed by atoms with E-state index in [0.717, 1.165) is 18.7 Å². The average molecular weight is 253 g/mol.